The number of benzene rings is 1. The van der Waals surface area contributed by atoms with Crippen molar-refractivity contribution >= 4 is 17.5 Å². The molecule has 0 bridgehead atoms. The quantitative estimate of drug-likeness (QED) is 0.595. The van der Waals surface area contributed by atoms with Crippen molar-refractivity contribution in [1.82, 2.24) is 20.4 Å². The molecule has 0 saturated heterocycles. The minimum atomic E-state index is -0.153. The lowest BCUT2D eigenvalue weighted by molar-refractivity contribution is -0.121. The Morgan fingerprint density at radius 1 is 1.20 bits per heavy atom. The van der Waals surface area contributed by atoms with Crippen molar-refractivity contribution in [2.75, 3.05) is 5.32 Å². The highest BCUT2D eigenvalue weighted by Crippen LogP contribution is 2.30. The Bertz CT molecular complexity index is 1010. The topological polar surface area (TPSA) is 110 Å². The number of nitrogens with one attached hydrogen (secondary N) is 2. The monoisotopic (exact) mass is 405 g/mol. The van der Waals surface area contributed by atoms with E-state index in [0.717, 1.165) is 29.7 Å². The van der Waals surface area contributed by atoms with Gasteiger partial charge in [0.25, 0.3) is 0 Å². The second-order valence-electron chi connectivity index (χ2n) is 7.43. The average Bonchev–Trinajstić information content (AvgIpc) is 3.51. The number of rotatable bonds is 8. The molecule has 1 unspecified atom stereocenters. The van der Waals surface area contributed by atoms with E-state index in [1.165, 1.54) is 0 Å². The maximum Gasteiger partial charge on any atom is 0.227 e. The molecule has 30 heavy (non-hydrogen) atoms. The van der Waals surface area contributed by atoms with Gasteiger partial charge in [-0.05, 0) is 49.6 Å². The van der Waals surface area contributed by atoms with Gasteiger partial charge in [-0.2, -0.15) is 4.98 Å². The van der Waals surface area contributed by atoms with E-state index in [2.05, 4.69) is 25.8 Å². The third-order valence-corrected chi connectivity index (χ3v) is 4.96. The van der Waals surface area contributed by atoms with Crippen LogP contribution < -0.4 is 10.6 Å². The lowest BCUT2D eigenvalue weighted by Gasteiger charge is -2.15. The number of aromatic nitrogens is 3. The lowest BCUT2D eigenvalue weighted by atomic mass is 10.1. The number of hydrogen-bond donors (Lipinski definition) is 2. The Hall–Kier alpha value is -3.55. The number of hydrogen-bond acceptors (Lipinski definition) is 6. The summed E-state index contributed by atoms with van der Waals surface area (Å²) in [6.45, 7) is 1.92. The molecule has 2 N–H and O–H groups in total. The molecule has 1 atom stereocenters. The first-order chi connectivity index (χ1) is 14.6. The van der Waals surface area contributed by atoms with Gasteiger partial charge >= 0.3 is 0 Å². The van der Waals surface area contributed by atoms with Crippen LogP contribution in [0.15, 0.2) is 53.3 Å². The second-order valence-corrected chi connectivity index (χ2v) is 7.43. The van der Waals surface area contributed by atoms with E-state index in [4.69, 9.17) is 4.52 Å². The van der Waals surface area contributed by atoms with Crippen molar-refractivity contribution in [3.05, 3.63) is 60.2 Å². The van der Waals surface area contributed by atoms with Crippen LogP contribution in [-0.2, 0) is 16.0 Å². The first-order valence-corrected chi connectivity index (χ1v) is 10.0. The summed E-state index contributed by atoms with van der Waals surface area (Å²) in [5.74, 6) is 1.02. The summed E-state index contributed by atoms with van der Waals surface area (Å²) in [5.41, 5.74) is 2.50. The molecule has 8 heteroatoms. The van der Waals surface area contributed by atoms with Crippen LogP contribution in [0.4, 0.5) is 5.69 Å². The molecule has 3 aromatic rings. The zero-order valence-electron chi connectivity index (χ0n) is 16.7. The number of carbonyl (C=O) groups is 2. The average molecular weight is 405 g/mol. The highest BCUT2D eigenvalue weighted by atomic mass is 16.5. The van der Waals surface area contributed by atoms with Crippen LogP contribution in [0.25, 0.3) is 11.4 Å². The van der Waals surface area contributed by atoms with Crippen LogP contribution in [0.1, 0.15) is 43.7 Å². The van der Waals surface area contributed by atoms with E-state index < -0.39 is 0 Å². The third kappa shape index (κ3) is 5.08. The summed E-state index contributed by atoms with van der Waals surface area (Å²) < 4.78 is 5.22. The van der Waals surface area contributed by atoms with Gasteiger partial charge in [0.1, 0.15) is 0 Å². The standard InChI is InChI=1S/C22H23N5O3/c1-14(15-6-8-18(9-7-15)25-22(29)16-4-5-16)24-19(28)10-11-20-26-21(27-30-20)17-3-2-12-23-13-17/h2-3,6-9,12-14,16H,4-5,10-11H2,1H3,(H,24,28)(H,25,29). The summed E-state index contributed by atoms with van der Waals surface area (Å²) >= 11 is 0. The second kappa shape index (κ2) is 8.86. The van der Waals surface area contributed by atoms with Gasteiger partial charge in [-0.25, -0.2) is 0 Å². The van der Waals surface area contributed by atoms with Gasteiger partial charge in [-0.15, -0.1) is 0 Å². The molecule has 0 radical (unpaired) electrons. The third-order valence-electron chi connectivity index (χ3n) is 4.96. The minimum Gasteiger partial charge on any atom is -0.350 e. The molecular formula is C22H23N5O3. The summed E-state index contributed by atoms with van der Waals surface area (Å²) in [6, 6.07) is 11.0. The van der Waals surface area contributed by atoms with Gasteiger partial charge in [-0.3, -0.25) is 14.6 Å². The van der Waals surface area contributed by atoms with E-state index in [1.807, 2.05) is 37.3 Å². The first-order valence-electron chi connectivity index (χ1n) is 10.0. The van der Waals surface area contributed by atoms with Gasteiger partial charge in [0, 0.05) is 42.4 Å². The lowest BCUT2D eigenvalue weighted by Crippen LogP contribution is -2.26. The van der Waals surface area contributed by atoms with Gasteiger partial charge in [-0.1, -0.05) is 17.3 Å². The van der Waals surface area contributed by atoms with Gasteiger partial charge in [0.2, 0.25) is 23.5 Å². The largest absolute Gasteiger partial charge is 0.350 e. The molecule has 1 fully saturated rings. The van der Waals surface area contributed by atoms with E-state index in [-0.39, 0.29) is 30.2 Å². The molecule has 4 rings (SSSR count). The SMILES string of the molecule is CC(NC(=O)CCc1nc(-c2cccnc2)no1)c1ccc(NC(=O)C2CC2)cc1. The fourth-order valence-electron chi connectivity index (χ4n) is 3.03. The van der Waals surface area contributed by atoms with Crippen molar-refractivity contribution < 1.29 is 14.1 Å². The van der Waals surface area contributed by atoms with Crippen molar-refractivity contribution in [3.8, 4) is 11.4 Å². The van der Waals surface area contributed by atoms with Crippen LogP contribution in [-0.4, -0.2) is 26.9 Å². The van der Waals surface area contributed by atoms with Crippen LogP contribution >= 0.6 is 0 Å². The molecule has 8 nitrogen and oxygen atoms in total. The molecule has 1 saturated carbocycles. The van der Waals surface area contributed by atoms with Crippen LogP contribution in [0.2, 0.25) is 0 Å². The van der Waals surface area contributed by atoms with Crippen LogP contribution in [0.3, 0.4) is 0 Å². The predicted octanol–water partition coefficient (Wildman–Crippen LogP) is 3.29. The summed E-state index contributed by atoms with van der Waals surface area (Å²) in [6.07, 6.45) is 5.88. The van der Waals surface area contributed by atoms with E-state index >= 15 is 0 Å². The molecule has 1 aliphatic carbocycles. The summed E-state index contributed by atoms with van der Waals surface area (Å²) in [4.78, 5) is 32.5. The molecule has 1 aliphatic rings. The van der Waals surface area contributed by atoms with Crippen molar-refractivity contribution in [2.45, 2.75) is 38.6 Å². The molecule has 0 aliphatic heterocycles. The fourth-order valence-corrected chi connectivity index (χ4v) is 3.03. The molecule has 154 valence electrons. The van der Waals surface area contributed by atoms with E-state index in [0.29, 0.717) is 18.1 Å². The van der Waals surface area contributed by atoms with Crippen molar-refractivity contribution in [1.29, 1.82) is 0 Å². The van der Waals surface area contributed by atoms with Crippen LogP contribution in [0.5, 0.6) is 0 Å². The number of amides is 2. The highest BCUT2D eigenvalue weighted by molar-refractivity contribution is 5.94. The Labute approximate surface area is 174 Å². The van der Waals surface area contributed by atoms with Gasteiger partial charge in [0.15, 0.2) is 0 Å². The molecule has 2 amide bonds. The Balaban J connectivity index is 1.25. The Kier molecular flexibility index (Phi) is 5.83. The minimum absolute atomic E-state index is 0.0804. The van der Waals surface area contributed by atoms with Crippen LogP contribution in [0, 0.1) is 5.92 Å². The van der Waals surface area contributed by atoms with Crippen molar-refractivity contribution in [3.63, 3.8) is 0 Å². The first kappa shape index (κ1) is 19.8. The Morgan fingerprint density at radius 2 is 2.00 bits per heavy atom. The number of nitrogens with zero attached hydrogens (tertiary/aromatic N) is 3. The Morgan fingerprint density at radius 3 is 2.70 bits per heavy atom. The summed E-state index contributed by atoms with van der Waals surface area (Å²) in [7, 11) is 0. The molecular weight excluding hydrogens is 382 g/mol. The maximum absolute atomic E-state index is 12.3. The zero-order valence-corrected chi connectivity index (χ0v) is 16.7. The fraction of sp³-hybridized carbons (Fsp3) is 0.318. The molecule has 0 spiro atoms. The highest BCUT2D eigenvalue weighted by Gasteiger charge is 2.29. The van der Waals surface area contributed by atoms with Gasteiger partial charge < -0.3 is 15.2 Å². The summed E-state index contributed by atoms with van der Waals surface area (Å²) in [5, 5.41) is 9.81. The molecule has 2 aromatic heterocycles. The normalized spacial score (nSPS) is 14.2. The smallest absolute Gasteiger partial charge is 0.227 e. The number of aryl methyl sites for hydroxylation is 1. The van der Waals surface area contributed by atoms with E-state index in [9.17, 15) is 9.59 Å². The van der Waals surface area contributed by atoms with Crippen molar-refractivity contribution in [2.24, 2.45) is 5.92 Å². The van der Waals surface area contributed by atoms with E-state index in [1.54, 1.807) is 18.5 Å². The molecule has 1 aromatic carbocycles. The maximum atomic E-state index is 12.3. The molecule has 2 heterocycles. The van der Waals surface area contributed by atoms with Gasteiger partial charge in [0.05, 0.1) is 6.04 Å². The number of pyridine rings is 1. The number of carbonyl (C=O) groups excluding carboxylic acids is 2. The predicted molar refractivity (Wildman–Crippen MR) is 110 cm³/mol. The number of anilines is 1. The zero-order chi connectivity index (χ0) is 20.9.